The maximum absolute atomic E-state index is 12.8. The van der Waals surface area contributed by atoms with Crippen molar-refractivity contribution >= 4 is 17.2 Å². The summed E-state index contributed by atoms with van der Waals surface area (Å²) in [4.78, 5) is 20.2. The molecule has 1 aliphatic heterocycles. The molecule has 6 heteroatoms. The van der Waals surface area contributed by atoms with Crippen molar-refractivity contribution in [3.05, 3.63) is 28.8 Å². The standard InChI is InChI=1S/C19H24N2O3S/c1-12-7-9-21(10-8-12)19(22)17-13(2)20-18(25-17)14-5-6-15(23-3)16(11-14)24-4/h5-6,11-12H,7-10H2,1-4H3. The number of methoxy groups -OCH3 is 2. The monoisotopic (exact) mass is 360 g/mol. The summed E-state index contributed by atoms with van der Waals surface area (Å²) in [5.41, 5.74) is 1.72. The number of aromatic nitrogens is 1. The number of ether oxygens (including phenoxy) is 2. The van der Waals surface area contributed by atoms with Gasteiger partial charge in [0.25, 0.3) is 5.91 Å². The molecular weight excluding hydrogens is 336 g/mol. The Hall–Kier alpha value is -2.08. The molecule has 0 unspecified atom stereocenters. The van der Waals surface area contributed by atoms with E-state index in [0.717, 1.165) is 47.1 Å². The number of benzene rings is 1. The van der Waals surface area contributed by atoms with Gasteiger partial charge in [0.05, 0.1) is 19.9 Å². The van der Waals surface area contributed by atoms with Crippen LogP contribution < -0.4 is 9.47 Å². The van der Waals surface area contributed by atoms with Crippen molar-refractivity contribution in [1.82, 2.24) is 9.88 Å². The third-order valence-corrected chi connectivity index (χ3v) is 5.89. The van der Waals surface area contributed by atoms with E-state index in [1.807, 2.05) is 30.0 Å². The average Bonchev–Trinajstić information content (AvgIpc) is 3.02. The van der Waals surface area contributed by atoms with Gasteiger partial charge < -0.3 is 14.4 Å². The molecule has 0 bridgehead atoms. The fourth-order valence-corrected chi connectivity index (χ4v) is 4.07. The second-order valence-corrected chi connectivity index (χ2v) is 7.48. The van der Waals surface area contributed by atoms with Gasteiger partial charge in [-0.2, -0.15) is 0 Å². The van der Waals surface area contributed by atoms with Crippen molar-refractivity contribution in [2.75, 3.05) is 27.3 Å². The normalized spacial score (nSPS) is 15.3. The Morgan fingerprint density at radius 1 is 1.20 bits per heavy atom. The van der Waals surface area contributed by atoms with Crippen LogP contribution in [0.2, 0.25) is 0 Å². The van der Waals surface area contributed by atoms with E-state index in [9.17, 15) is 4.79 Å². The zero-order valence-corrected chi connectivity index (χ0v) is 16.0. The molecule has 2 aromatic rings. The lowest BCUT2D eigenvalue weighted by atomic mass is 9.99. The summed E-state index contributed by atoms with van der Waals surface area (Å²) in [7, 11) is 3.22. The molecular formula is C19H24N2O3S. The molecule has 1 fully saturated rings. The van der Waals surface area contributed by atoms with E-state index in [-0.39, 0.29) is 5.91 Å². The number of hydrogen-bond acceptors (Lipinski definition) is 5. The molecule has 5 nitrogen and oxygen atoms in total. The molecule has 0 radical (unpaired) electrons. The fourth-order valence-electron chi connectivity index (χ4n) is 3.04. The first-order chi connectivity index (χ1) is 12.0. The summed E-state index contributed by atoms with van der Waals surface area (Å²) in [6.07, 6.45) is 2.15. The van der Waals surface area contributed by atoms with Crippen LogP contribution in [0.1, 0.15) is 35.1 Å². The van der Waals surface area contributed by atoms with E-state index in [0.29, 0.717) is 17.4 Å². The second kappa shape index (κ2) is 7.44. The van der Waals surface area contributed by atoms with Gasteiger partial charge in [-0.3, -0.25) is 4.79 Å². The first-order valence-corrected chi connectivity index (χ1v) is 9.34. The highest BCUT2D eigenvalue weighted by atomic mass is 32.1. The number of carbonyl (C=O) groups is 1. The van der Waals surface area contributed by atoms with Gasteiger partial charge in [-0.1, -0.05) is 6.92 Å². The predicted octanol–water partition coefficient (Wildman–Crippen LogP) is 4.01. The fraction of sp³-hybridized carbons (Fsp3) is 0.474. The molecule has 3 rings (SSSR count). The molecule has 1 saturated heterocycles. The van der Waals surface area contributed by atoms with Crippen LogP contribution in [0.5, 0.6) is 11.5 Å². The zero-order chi connectivity index (χ0) is 18.0. The van der Waals surface area contributed by atoms with Gasteiger partial charge in [0.15, 0.2) is 11.5 Å². The lowest BCUT2D eigenvalue weighted by molar-refractivity contribution is 0.0701. The number of rotatable bonds is 4. The van der Waals surface area contributed by atoms with Crippen molar-refractivity contribution in [1.29, 1.82) is 0 Å². The highest BCUT2D eigenvalue weighted by molar-refractivity contribution is 7.17. The third kappa shape index (κ3) is 3.63. The Balaban J connectivity index is 1.86. The van der Waals surface area contributed by atoms with Gasteiger partial charge in [-0.15, -0.1) is 11.3 Å². The lowest BCUT2D eigenvalue weighted by Crippen LogP contribution is -2.37. The number of amides is 1. The SMILES string of the molecule is COc1ccc(-c2nc(C)c(C(=O)N3CCC(C)CC3)s2)cc1OC. The molecule has 1 aliphatic rings. The summed E-state index contributed by atoms with van der Waals surface area (Å²) in [5, 5.41) is 0.826. The van der Waals surface area contributed by atoms with Gasteiger partial charge in [0.2, 0.25) is 0 Å². The first-order valence-electron chi connectivity index (χ1n) is 8.52. The third-order valence-electron chi connectivity index (χ3n) is 4.69. The Kier molecular flexibility index (Phi) is 5.27. The van der Waals surface area contributed by atoms with E-state index >= 15 is 0 Å². The van der Waals surface area contributed by atoms with Crippen molar-refractivity contribution < 1.29 is 14.3 Å². The number of carbonyl (C=O) groups excluding carboxylic acids is 1. The summed E-state index contributed by atoms with van der Waals surface area (Å²) < 4.78 is 10.6. The van der Waals surface area contributed by atoms with Crippen molar-refractivity contribution in [3.63, 3.8) is 0 Å². The van der Waals surface area contributed by atoms with Crippen molar-refractivity contribution in [2.45, 2.75) is 26.7 Å². The molecule has 0 saturated carbocycles. The van der Waals surface area contributed by atoms with Crippen LogP contribution in [-0.2, 0) is 0 Å². The molecule has 0 spiro atoms. The molecule has 1 aromatic carbocycles. The van der Waals surface area contributed by atoms with E-state index < -0.39 is 0 Å². The van der Waals surface area contributed by atoms with Crippen molar-refractivity contribution in [2.24, 2.45) is 5.92 Å². The van der Waals surface area contributed by atoms with Crippen LogP contribution in [0.25, 0.3) is 10.6 Å². The van der Waals surface area contributed by atoms with Crippen LogP contribution in [0.4, 0.5) is 0 Å². The van der Waals surface area contributed by atoms with E-state index in [4.69, 9.17) is 9.47 Å². The number of hydrogen-bond donors (Lipinski definition) is 0. The number of likely N-dealkylation sites (tertiary alicyclic amines) is 1. The van der Waals surface area contributed by atoms with Gasteiger partial charge in [-0.25, -0.2) is 4.98 Å². The number of piperidine rings is 1. The number of aryl methyl sites for hydroxylation is 1. The van der Waals surface area contributed by atoms with E-state index in [1.54, 1.807) is 14.2 Å². The molecule has 134 valence electrons. The quantitative estimate of drug-likeness (QED) is 0.827. The van der Waals surface area contributed by atoms with Crippen LogP contribution in [0, 0.1) is 12.8 Å². The highest BCUT2D eigenvalue weighted by Crippen LogP contribution is 2.35. The van der Waals surface area contributed by atoms with Gasteiger partial charge in [0, 0.05) is 18.7 Å². The summed E-state index contributed by atoms with van der Waals surface area (Å²) in [6, 6.07) is 5.70. The lowest BCUT2D eigenvalue weighted by Gasteiger charge is -2.30. The summed E-state index contributed by atoms with van der Waals surface area (Å²) >= 11 is 1.45. The maximum atomic E-state index is 12.8. The molecule has 2 heterocycles. The minimum atomic E-state index is 0.105. The van der Waals surface area contributed by atoms with E-state index in [1.165, 1.54) is 11.3 Å². The summed E-state index contributed by atoms with van der Waals surface area (Å²) in [5.74, 6) is 2.14. The zero-order valence-electron chi connectivity index (χ0n) is 15.2. The average molecular weight is 360 g/mol. The van der Waals surface area contributed by atoms with Crippen LogP contribution >= 0.6 is 11.3 Å². The van der Waals surface area contributed by atoms with Crippen LogP contribution in [0.15, 0.2) is 18.2 Å². The predicted molar refractivity (Wildman–Crippen MR) is 99.7 cm³/mol. The Morgan fingerprint density at radius 2 is 1.88 bits per heavy atom. The molecule has 1 aromatic heterocycles. The Labute approximate surface area is 152 Å². The molecule has 0 aliphatic carbocycles. The highest BCUT2D eigenvalue weighted by Gasteiger charge is 2.25. The van der Waals surface area contributed by atoms with Crippen molar-refractivity contribution in [3.8, 4) is 22.1 Å². The first kappa shape index (κ1) is 17.7. The molecule has 1 amide bonds. The Bertz CT molecular complexity index is 764. The van der Waals surface area contributed by atoms with Crippen LogP contribution in [0.3, 0.4) is 0 Å². The smallest absolute Gasteiger partial charge is 0.265 e. The second-order valence-electron chi connectivity index (χ2n) is 6.48. The largest absolute Gasteiger partial charge is 0.493 e. The number of thiazole rings is 1. The Morgan fingerprint density at radius 3 is 2.52 bits per heavy atom. The molecule has 0 atom stereocenters. The van der Waals surface area contributed by atoms with E-state index in [2.05, 4.69) is 11.9 Å². The van der Waals surface area contributed by atoms with Crippen LogP contribution in [-0.4, -0.2) is 43.1 Å². The minimum Gasteiger partial charge on any atom is -0.493 e. The maximum Gasteiger partial charge on any atom is 0.265 e. The minimum absolute atomic E-state index is 0.105. The number of nitrogens with zero attached hydrogens (tertiary/aromatic N) is 2. The molecule has 0 N–H and O–H groups in total. The molecule has 25 heavy (non-hydrogen) atoms. The summed E-state index contributed by atoms with van der Waals surface area (Å²) in [6.45, 7) is 5.82. The van der Waals surface area contributed by atoms with Gasteiger partial charge in [0.1, 0.15) is 9.88 Å². The topological polar surface area (TPSA) is 51.7 Å². The van der Waals surface area contributed by atoms with Gasteiger partial charge in [-0.05, 0) is 43.9 Å². The van der Waals surface area contributed by atoms with Gasteiger partial charge >= 0.3 is 0 Å².